The maximum absolute atomic E-state index is 9.11. The normalized spacial score (nSPS) is 17.3. The number of anilines is 2. The van der Waals surface area contributed by atoms with Crippen molar-refractivity contribution >= 4 is 38.8 Å². The van der Waals surface area contributed by atoms with Gasteiger partial charge in [-0.05, 0) is 46.3 Å². The number of fused-ring (bicyclic) bond motifs is 1. The van der Waals surface area contributed by atoms with E-state index in [0.717, 1.165) is 34.7 Å². The molecule has 1 atom stereocenters. The molecule has 3 N–H and O–H groups in total. The van der Waals surface area contributed by atoms with Crippen molar-refractivity contribution in [1.29, 1.82) is 0 Å². The summed E-state index contributed by atoms with van der Waals surface area (Å²) in [6, 6.07) is 4.63. The van der Waals surface area contributed by atoms with E-state index in [2.05, 4.69) is 80.6 Å². The first kappa shape index (κ1) is 19.7. The summed E-state index contributed by atoms with van der Waals surface area (Å²) < 4.78 is 1.15. The van der Waals surface area contributed by atoms with Crippen molar-refractivity contribution in [2.75, 3.05) is 30.8 Å². The first-order valence-electron chi connectivity index (χ1n) is 9.47. The molecule has 0 saturated carbocycles. The second-order valence-corrected chi connectivity index (χ2v) is 9.10. The number of aromatic nitrogens is 1. The Morgan fingerprint density at radius 2 is 2.07 bits per heavy atom. The minimum absolute atomic E-state index is 0.0613. The third-order valence-corrected chi connectivity index (χ3v) is 5.70. The molecule has 1 aliphatic heterocycles. The third-order valence-electron chi connectivity index (χ3n) is 4.52. The Morgan fingerprint density at radius 1 is 1.30 bits per heavy atom. The van der Waals surface area contributed by atoms with Crippen LogP contribution in [0, 0.1) is 0 Å². The fourth-order valence-electron chi connectivity index (χ4n) is 3.06. The van der Waals surface area contributed by atoms with Crippen molar-refractivity contribution < 1.29 is 5.11 Å². The first-order valence-corrected chi connectivity index (χ1v) is 10.3. The molecule has 3 rings (SSSR count). The van der Waals surface area contributed by atoms with E-state index in [4.69, 9.17) is 10.1 Å². The summed E-state index contributed by atoms with van der Waals surface area (Å²) in [7, 11) is 2.13. The van der Waals surface area contributed by atoms with Gasteiger partial charge in [-0.3, -0.25) is 0 Å². The largest absolute Gasteiger partial charge is 0.396 e. The summed E-state index contributed by atoms with van der Waals surface area (Å²) in [5.74, 6) is 0.866. The molecule has 0 saturated heterocycles. The number of nitrogens with one attached hydrogen (secondary N) is 2. The van der Waals surface area contributed by atoms with Crippen LogP contribution in [0.3, 0.4) is 0 Å². The van der Waals surface area contributed by atoms with Gasteiger partial charge in [0.2, 0.25) is 0 Å². The number of allylic oxidation sites excluding steroid dienone is 2. The van der Waals surface area contributed by atoms with Crippen LogP contribution in [0.25, 0.3) is 15.9 Å². The summed E-state index contributed by atoms with van der Waals surface area (Å²) >= 11 is 1.76. The van der Waals surface area contributed by atoms with Gasteiger partial charge in [0.1, 0.15) is 5.82 Å². The van der Waals surface area contributed by atoms with Crippen molar-refractivity contribution in [3.63, 3.8) is 0 Å². The van der Waals surface area contributed by atoms with Crippen molar-refractivity contribution in [3.05, 3.63) is 35.2 Å². The number of thiophene rings is 1. The lowest BCUT2D eigenvalue weighted by atomic mass is 10.1. The van der Waals surface area contributed by atoms with Gasteiger partial charge >= 0.3 is 0 Å². The Balaban J connectivity index is 2.03. The van der Waals surface area contributed by atoms with Crippen LogP contribution in [0.5, 0.6) is 0 Å². The number of hydrogen-bond acceptors (Lipinski definition) is 6. The van der Waals surface area contributed by atoms with Gasteiger partial charge in [0.25, 0.3) is 0 Å². The Labute approximate surface area is 165 Å². The molecule has 1 aliphatic rings. The second-order valence-electron chi connectivity index (χ2n) is 8.05. The number of rotatable bonds is 6. The van der Waals surface area contributed by atoms with Gasteiger partial charge in [0.05, 0.1) is 26.5 Å². The molecule has 5 nitrogen and oxygen atoms in total. The summed E-state index contributed by atoms with van der Waals surface area (Å²) in [6.07, 6.45) is 7.21. The molecule has 3 heterocycles. The average molecular weight is 387 g/mol. The van der Waals surface area contributed by atoms with E-state index in [9.17, 15) is 0 Å². The molecule has 6 heteroatoms. The van der Waals surface area contributed by atoms with Gasteiger partial charge < -0.3 is 20.6 Å². The molecule has 0 aliphatic carbocycles. The van der Waals surface area contributed by atoms with Gasteiger partial charge in [-0.25, -0.2) is 4.98 Å². The minimum atomic E-state index is -0.0613. The van der Waals surface area contributed by atoms with E-state index in [1.54, 1.807) is 11.3 Å². The summed E-state index contributed by atoms with van der Waals surface area (Å²) in [4.78, 5) is 8.36. The molecular weight excluding hydrogens is 356 g/mol. The van der Waals surface area contributed by atoms with Gasteiger partial charge in [-0.1, -0.05) is 12.2 Å². The quantitative estimate of drug-likeness (QED) is 0.637. The zero-order chi connectivity index (χ0) is 19.6. The highest BCUT2D eigenvalue weighted by atomic mass is 32.1. The standard InChI is InChI=1S/C21H30N4OS/c1-14-8-6-9-17(25(14)5)18-12-16-20(27-18)15(22-10-7-11-26)13-19(23-16)24-21(2,3)4/h6,8-9,12-14,26H,7,10-11H2,1-5H3,(H2,22,23,24). The molecule has 27 heavy (non-hydrogen) atoms. The van der Waals surface area contributed by atoms with E-state index in [-0.39, 0.29) is 12.1 Å². The van der Waals surface area contributed by atoms with Crippen LogP contribution in [0.2, 0.25) is 0 Å². The maximum Gasteiger partial charge on any atom is 0.129 e. The molecule has 2 aromatic rings. The van der Waals surface area contributed by atoms with Crippen LogP contribution >= 0.6 is 11.3 Å². The smallest absolute Gasteiger partial charge is 0.129 e. The summed E-state index contributed by atoms with van der Waals surface area (Å²) in [6.45, 7) is 9.51. The number of likely N-dealkylation sites (N-methyl/N-ethyl adjacent to an activating group) is 1. The Bertz CT molecular complexity index is 863. The van der Waals surface area contributed by atoms with Gasteiger partial charge in [0, 0.05) is 37.8 Å². The summed E-state index contributed by atoms with van der Waals surface area (Å²) in [5.41, 5.74) is 3.22. The molecule has 0 bridgehead atoms. The lowest BCUT2D eigenvalue weighted by Crippen LogP contribution is -2.27. The minimum Gasteiger partial charge on any atom is -0.396 e. The molecule has 0 fully saturated rings. The second kappa shape index (κ2) is 7.90. The SMILES string of the molecule is CC1C=CC=C(c2cc3nc(NC(C)(C)C)cc(NCCCO)c3s2)N1C. The molecule has 0 aromatic carbocycles. The van der Waals surface area contributed by atoms with Gasteiger partial charge in [-0.2, -0.15) is 0 Å². The van der Waals surface area contributed by atoms with E-state index in [1.807, 2.05) is 0 Å². The molecule has 2 aromatic heterocycles. The van der Waals surface area contributed by atoms with Crippen LogP contribution in [0.15, 0.2) is 30.4 Å². The van der Waals surface area contributed by atoms with E-state index >= 15 is 0 Å². The molecule has 0 spiro atoms. The Hall–Kier alpha value is -2.05. The number of nitrogens with zero attached hydrogens (tertiary/aromatic N) is 2. The van der Waals surface area contributed by atoms with Crippen molar-refractivity contribution in [2.45, 2.75) is 45.7 Å². The zero-order valence-corrected chi connectivity index (χ0v) is 17.7. The molecule has 146 valence electrons. The topological polar surface area (TPSA) is 60.4 Å². The molecular formula is C21H30N4OS. The van der Waals surface area contributed by atoms with E-state index in [0.29, 0.717) is 6.04 Å². The highest BCUT2D eigenvalue weighted by Gasteiger charge is 2.19. The predicted molar refractivity (Wildman–Crippen MR) is 118 cm³/mol. The van der Waals surface area contributed by atoms with Crippen LogP contribution in [-0.4, -0.2) is 46.8 Å². The number of pyridine rings is 1. The van der Waals surface area contributed by atoms with Crippen molar-refractivity contribution in [1.82, 2.24) is 9.88 Å². The monoisotopic (exact) mass is 386 g/mol. The van der Waals surface area contributed by atoms with Crippen LogP contribution < -0.4 is 10.6 Å². The predicted octanol–water partition coefficient (Wildman–Crippen LogP) is 4.53. The number of aliphatic hydroxyl groups excluding tert-OH is 1. The van der Waals surface area contributed by atoms with E-state index < -0.39 is 0 Å². The highest BCUT2D eigenvalue weighted by Crippen LogP contribution is 2.38. The average Bonchev–Trinajstić information content (AvgIpc) is 3.00. The summed E-state index contributed by atoms with van der Waals surface area (Å²) in [5, 5.41) is 16.1. The Morgan fingerprint density at radius 3 is 2.78 bits per heavy atom. The maximum atomic E-state index is 9.11. The van der Waals surface area contributed by atoms with Crippen LogP contribution in [0.4, 0.5) is 11.5 Å². The number of hydrogen-bond donors (Lipinski definition) is 3. The molecule has 0 radical (unpaired) electrons. The highest BCUT2D eigenvalue weighted by molar-refractivity contribution is 7.20. The molecule has 0 amide bonds. The zero-order valence-electron chi connectivity index (χ0n) is 16.8. The fraction of sp³-hybridized carbons (Fsp3) is 0.476. The van der Waals surface area contributed by atoms with E-state index in [1.165, 1.54) is 10.6 Å². The molecule has 1 unspecified atom stereocenters. The lowest BCUT2D eigenvalue weighted by Gasteiger charge is -2.29. The van der Waals surface area contributed by atoms with Crippen molar-refractivity contribution in [2.24, 2.45) is 0 Å². The fourth-order valence-corrected chi connectivity index (χ4v) is 4.22. The van der Waals surface area contributed by atoms with Gasteiger partial charge in [0.15, 0.2) is 0 Å². The third kappa shape index (κ3) is 4.62. The van der Waals surface area contributed by atoms with Crippen LogP contribution in [-0.2, 0) is 0 Å². The van der Waals surface area contributed by atoms with Gasteiger partial charge in [-0.15, -0.1) is 11.3 Å². The Kier molecular flexibility index (Phi) is 5.77. The van der Waals surface area contributed by atoms with Crippen LogP contribution in [0.1, 0.15) is 39.0 Å². The first-order chi connectivity index (χ1) is 12.8. The van der Waals surface area contributed by atoms with Crippen molar-refractivity contribution in [3.8, 4) is 0 Å². The lowest BCUT2D eigenvalue weighted by molar-refractivity contribution is 0.292. The number of aliphatic hydroxyl groups is 1.